The first-order valence-corrected chi connectivity index (χ1v) is 43.0. The van der Waals surface area contributed by atoms with Crippen LogP contribution in [0, 0.1) is 0 Å². The van der Waals surface area contributed by atoms with Gasteiger partial charge in [0.15, 0.2) is 16.7 Å². The molecule has 0 amide bonds. The van der Waals surface area contributed by atoms with E-state index >= 15 is 0 Å². The Balaban J connectivity index is 0.0000000976. The number of nitrogens with zero attached hydrogens (tertiary/aromatic N) is 9. The highest BCUT2D eigenvalue weighted by molar-refractivity contribution is 6.21. The number of hydrogen-bond donors (Lipinski definition) is 0. The van der Waals surface area contributed by atoms with Crippen molar-refractivity contribution >= 4 is 216 Å². The monoisotopic (exact) mass is 1650 g/mol. The molecule has 15 nitrogen and oxygen atoms in total. The van der Waals surface area contributed by atoms with Gasteiger partial charge in [-0.25, -0.2) is 29.9 Å². The number of rotatable bonds is 6. The molecule has 0 spiro atoms. The summed E-state index contributed by atoms with van der Waals surface area (Å²) in [5.41, 5.74) is 30.1. The van der Waals surface area contributed by atoms with Gasteiger partial charge in [0.25, 0.3) is 0 Å². The number of fused-ring (bicyclic) bond motifs is 24. The van der Waals surface area contributed by atoms with Crippen LogP contribution in [0.2, 0.25) is 0 Å². The van der Waals surface area contributed by atoms with Crippen LogP contribution in [0.15, 0.2) is 409 Å². The molecule has 0 saturated carbocycles. The Morgan fingerprint density at radius 3 is 0.930 bits per heavy atom. The van der Waals surface area contributed by atoms with E-state index in [4.69, 9.17) is 56.4 Å². The summed E-state index contributed by atoms with van der Waals surface area (Å²) in [6.07, 6.45) is 0. The van der Waals surface area contributed by atoms with Crippen LogP contribution in [0.4, 0.5) is 52.0 Å². The van der Waals surface area contributed by atoms with Crippen molar-refractivity contribution in [2.24, 2.45) is 0 Å². The van der Waals surface area contributed by atoms with Crippen molar-refractivity contribution in [3.8, 4) is 67.2 Å². The Kier molecular flexibility index (Phi) is 15.0. The van der Waals surface area contributed by atoms with Gasteiger partial charge in [-0.2, -0.15) is 0 Å². The van der Waals surface area contributed by atoms with Gasteiger partial charge in [-0.15, -0.1) is 0 Å². The Bertz CT molecular complexity index is 9480. The molecule has 18 aromatic carbocycles. The molecule has 0 unspecified atom stereocenters. The highest BCUT2D eigenvalue weighted by atomic mass is 16.4. The molecule has 129 heavy (non-hydrogen) atoms. The lowest BCUT2D eigenvalue weighted by Crippen LogP contribution is -2.17. The zero-order chi connectivity index (χ0) is 84.2. The van der Waals surface area contributed by atoms with Gasteiger partial charge in [-0.05, 0) is 160 Å². The Morgan fingerprint density at radius 1 is 0.171 bits per heavy atom. The van der Waals surface area contributed by atoms with Crippen molar-refractivity contribution in [3.63, 3.8) is 0 Å². The van der Waals surface area contributed by atoms with Crippen LogP contribution >= 0.6 is 0 Å². The smallest absolute Gasteiger partial charge is 0.236 e. The summed E-state index contributed by atoms with van der Waals surface area (Å²) < 4.78 is 38.1. The maximum atomic E-state index is 6.53. The van der Waals surface area contributed by atoms with Crippen molar-refractivity contribution in [2.45, 2.75) is 0 Å². The number of anilines is 9. The molecule has 0 atom stereocenters. The molecule has 0 saturated heterocycles. The van der Waals surface area contributed by atoms with E-state index in [1.165, 1.54) is 49.0 Å². The molecule has 12 heterocycles. The zero-order valence-electron chi connectivity index (χ0n) is 68.3. The molecule has 0 aliphatic carbocycles. The zero-order valence-corrected chi connectivity index (χ0v) is 68.3. The summed E-state index contributed by atoms with van der Waals surface area (Å²) in [5.74, 6) is 1.78. The van der Waals surface area contributed by atoms with E-state index < -0.39 is 0 Å². The Labute approximate surface area is 732 Å². The van der Waals surface area contributed by atoms with Gasteiger partial charge in [0.05, 0.1) is 34.1 Å². The lowest BCUT2D eigenvalue weighted by atomic mass is 9.91. The number of hydrogen-bond acceptors (Lipinski definition) is 15. The van der Waals surface area contributed by atoms with E-state index in [1.54, 1.807) is 0 Å². The lowest BCUT2D eigenvalue weighted by molar-refractivity contribution is 0.666. The molecule has 15 heteroatoms. The maximum absolute atomic E-state index is 6.53. The first-order valence-electron chi connectivity index (χ1n) is 43.0. The predicted molar refractivity (Wildman–Crippen MR) is 520 cm³/mol. The van der Waals surface area contributed by atoms with Gasteiger partial charge >= 0.3 is 0 Å². The second kappa shape index (κ2) is 27.3. The second-order valence-corrected chi connectivity index (χ2v) is 32.9. The fourth-order valence-corrected chi connectivity index (χ4v) is 20.3. The first kappa shape index (κ1) is 70.7. The predicted octanol–water partition coefficient (Wildman–Crippen LogP) is 31.6. The van der Waals surface area contributed by atoms with Gasteiger partial charge in [-0.3, -0.25) is 14.7 Å². The number of para-hydroxylation sites is 9. The minimum Gasteiger partial charge on any atom is -0.456 e. The molecular weight excluding hydrogens is 1590 g/mol. The summed E-state index contributed by atoms with van der Waals surface area (Å²) in [4.78, 5) is 38.3. The molecule has 9 aromatic heterocycles. The summed E-state index contributed by atoms with van der Waals surface area (Å²) in [6, 6.07) is 131. The molecule has 3 aliphatic rings. The van der Waals surface area contributed by atoms with Crippen molar-refractivity contribution in [1.82, 2.24) is 29.9 Å². The largest absolute Gasteiger partial charge is 0.456 e. The molecule has 27 aromatic rings. The minimum atomic E-state index is 0.591. The molecule has 0 N–H and O–H groups in total. The van der Waals surface area contributed by atoms with Crippen molar-refractivity contribution < 1.29 is 26.5 Å². The van der Waals surface area contributed by atoms with E-state index in [0.717, 1.165) is 200 Å². The molecule has 600 valence electrons. The highest BCUT2D eigenvalue weighted by Gasteiger charge is 2.35. The van der Waals surface area contributed by atoms with Gasteiger partial charge in [0, 0.05) is 98.0 Å². The summed E-state index contributed by atoms with van der Waals surface area (Å²) in [5, 5.41) is 16.3. The van der Waals surface area contributed by atoms with Crippen molar-refractivity contribution in [1.29, 1.82) is 0 Å². The number of benzene rings is 18. The van der Waals surface area contributed by atoms with E-state index in [-0.39, 0.29) is 0 Å². The van der Waals surface area contributed by atoms with Crippen LogP contribution < -0.4 is 14.7 Å². The standard InChI is InChI=1S/3C38H21N3O2/c1-4-17-28-23(12-1)24-15-7-10-22-11-8-18-29(33(22)24)41(28)38-39-35-26-14-3-6-20-31(26)43-37(35)36(40-38)27-16-9-21-32-34(27)25-13-2-5-19-30(25)42-32;1-4-15-29-24(11-1)27-14-7-9-22-10-8-16-30(34(22)27)41(29)38-39-35(37-36(40-38)28-13-3-6-18-32(28)43-37)23-19-20-26-25-12-2-5-17-31(25)42-33(26)21-23;1-4-15-29-24(11-1)26-14-7-9-22-10-8-16-30(34(22)26)41(29)38-39-35(37-36(40-38)27-13-3-6-18-32(27)43-37)23-19-20-33-28(21-23)25-12-2-5-17-31(25)42-33/h3*1-21H. The molecule has 0 bridgehead atoms. The van der Waals surface area contributed by atoms with Gasteiger partial charge in [-0.1, -0.05) is 255 Å². The molecule has 0 radical (unpaired) electrons. The van der Waals surface area contributed by atoms with E-state index in [2.05, 4.69) is 269 Å². The molecule has 0 fully saturated rings. The summed E-state index contributed by atoms with van der Waals surface area (Å²) in [7, 11) is 0. The molecule has 3 aliphatic heterocycles. The highest BCUT2D eigenvalue weighted by Crippen LogP contribution is 2.56. The average molecular weight is 1650 g/mol. The topological polar surface area (TPSA) is 166 Å². The van der Waals surface area contributed by atoms with Crippen molar-refractivity contribution in [2.75, 3.05) is 14.7 Å². The number of aromatic nitrogens is 6. The van der Waals surface area contributed by atoms with E-state index in [0.29, 0.717) is 34.6 Å². The average Bonchev–Trinajstić information content (AvgIpc) is 1.56. The normalized spacial score (nSPS) is 12.6. The third-order valence-corrected chi connectivity index (χ3v) is 25.9. The SMILES string of the molecule is c1ccc2c(c1)-c1cccc3cccc(c13)N2c1nc(-c2ccc3c(c2)oc2ccccc23)c2oc3ccccc3c2n1.c1ccc2c(c1)-c1cccc3cccc(c13)N2c1nc(-c2ccc3oc4ccccc4c3c2)c2oc3ccccc3c2n1.c1ccc2c(c1)-c1cccc3cccc(c13)N2c1nc(-c2cccc3oc4ccccc4c23)c2oc3ccccc3c2n1. The van der Waals surface area contributed by atoms with Gasteiger partial charge in [0.1, 0.15) is 83.9 Å². The quantitative estimate of drug-likeness (QED) is 0.154. The van der Waals surface area contributed by atoms with Gasteiger partial charge < -0.3 is 26.5 Å². The van der Waals surface area contributed by atoms with E-state index in [9.17, 15) is 0 Å². The summed E-state index contributed by atoms with van der Waals surface area (Å²) >= 11 is 0. The van der Waals surface area contributed by atoms with Crippen LogP contribution in [0.5, 0.6) is 0 Å². The number of furan rings is 6. The third-order valence-electron chi connectivity index (χ3n) is 25.9. The van der Waals surface area contributed by atoms with Crippen LogP contribution in [0.1, 0.15) is 0 Å². The maximum Gasteiger partial charge on any atom is 0.236 e. The first-order chi connectivity index (χ1) is 64.0. The van der Waals surface area contributed by atoms with Crippen LogP contribution in [-0.2, 0) is 0 Å². The summed E-state index contributed by atoms with van der Waals surface area (Å²) in [6.45, 7) is 0. The minimum absolute atomic E-state index is 0.591. The Morgan fingerprint density at radius 2 is 0.465 bits per heavy atom. The van der Waals surface area contributed by atoms with Crippen molar-refractivity contribution in [3.05, 3.63) is 382 Å². The fraction of sp³-hybridized carbons (Fsp3) is 0. The third kappa shape index (κ3) is 10.6. The van der Waals surface area contributed by atoms with Crippen LogP contribution in [0.25, 0.3) is 231 Å². The Hall–Kier alpha value is -17.8. The van der Waals surface area contributed by atoms with Crippen LogP contribution in [0.3, 0.4) is 0 Å². The molecule has 30 rings (SSSR count). The van der Waals surface area contributed by atoms with E-state index in [1.807, 2.05) is 127 Å². The fourth-order valence-electron chi connectivity index (χ4n) is 20.3. The van der Waals surface area contributed by atoms with Crippen LogP contribution in [-0.4, -0.2) is 29.9 Å². The second-order valence-electron chi connectivity index (χ2n) is 32.9. The lowest BCUT2D eigenvalue weighted by Gasteiger charge is -2.32. The molecular formula is C114H63N9O6. The van der Waals surface area contributed by atoms with Gasteiger partial charge in [0.2, 0.25) is 17.8 Å².